The molecule has 1 N–H and O–H groups in total. The van der Waals surface area contributed by atoms with Crippen LogP contribution in [0.3, 0.4) is 0 Å². The quantitative estimate of drug-likeness (QED) is 0.867. The maximum Gasteiger partial charge on any atom is 0.246 e. The van der Waals surface area contributed by atoms with Gasteiger partial charge >= 0.3 is 0 Å². The van der Waals surface area contributed by atoms with Gasteiger partial charge in [0.1, 0.15) is 0 Å². The molecule has 1 atom stereocenters. The molecule has 1 aromatic heterocycles. The first kappa shape index (κ1) is 15.8. The summed E-state index contributed by atoms with van der Waals surface area (Å²) < 4.78 is 2.14. The van der Waals surface area contributed by atoms with Crippen LogP contribution in [0.25, 0.3) is 5.69 Å². The van der Waals surface area contributed by atoms with Gasteiger partial charge in [-0.25, -0.2) is 4.68 Å². The van der Waals surface area contributed by atoms with Crippen molar-refractivity contribution in [2.45, 2.75) is 37.6 Å². The summed E-state index contributed by atoms with van der Waals surface area (Å²) in [4.78, 5) is 14.0. The second kappa shape index (κ2) is 6.09. The van der Waals surface area contributed by atoms with E-state index in [-0.39, 0.29) is 11.9 Å². The molecular formula is C21H24N4O. The molecule has 5 nitrogen and oxygen atoms in total. The Morgan fingerprint density at radius 3 is 2.77 bits per heavy atom. The monoisotopic (exact) mass is 348 g/mol. The molecular weight excluding hydrogens is 324 g/mol. The van der Waals surface area contributed by atoms with Crippen molar-refractivity contribution in [1.29, 1.82) is 0 Å². The molecule has 3 heterocycles. The van der Waals surface area contributed by atoms with Gasteiger partial charge in [0.25, 0.3) is 0 Å². The maximum absolute atomic E-state index is 12.1. The van der Waals surface area contributed by atoms with Crippen LogP contribution in [0.15, 0.2) is 36.9 Å². The molecule has 1 aliphatic carbocycles. The highest BCUT2D eigenvalue weighted by molar-refractivity contribution is 5.87. The SMILES string of the molecule is C=CC(=O)N1CCc2nn(-c3ccc(C4CC4)cc3)c3c2[C@H](C1)NCC3. The van der Waals surface area contributed by atoms with Gasteiger partial charge in [0.2, 0.25) is 5.91 Å². The minimum Gasteiger partial charge on any atom is -0.337 e. The number of amides is 1. The topological polar surface area (TPSA) is 50.2 Å². The second-order valence-corrected chi connectivity index (χ2v) is 7.58. The molecule has 2 aromatic rings. The third-order valence-electron chi connectivity index (χ3n) is 5.89. The van der Waals surface area contributed by atoms with E-state index in [1.807, 2.05) is 4.90 Å². The van der Waals surface area contributed by atoms with Gasteiger partial charge in [-0.1, -0.05) is 18.7 Å². The van der Waals surface area contributed by atoms with E-state index in [0.29, 0.717) is 13.1 Å². The van der Waals surface area contributed by atoms with Crippen molar-refractivity contribution < 1.29 is 4.79 Å². The molecule has 0 bridgehead atoms. The Balaban J connectivity index is 1.51. The molecule has 3 aliphatic rings. The van der Waals surface area contributed by atoms with Gasteiger partial charge in [0, 0.05) is 38.0 Å². The van der Waals surface area contributed by atoms with Crippen molar-refractivity contribution in [3.05, 3.63) is 59.4 Å². The predicted molar refractivity (Wildman–Crippen MR) is 100 cm³/mol. The van der Waals surface area contributed by atoms with E-state index < -0.39 is 0 Å². The lowest BCUT2D eigenvalue weighted by atomic mass is 9.98. The molecule has 134 valence electrons. The summed E-state index contributed by atoms with van der Waals surface area (Å²) >= 11 is 0. The Morgan fingerprint density at radius 2 is 2.04 bits per heavy atom. The van der Waals surface area contributed by atoms with E-state index >= 15 is 0 Å². The van der Waals surface area contributed by atoms with Gasteiger partial charge in [0.15, 0.2) is 0 Å². The van der Waals surface area contributed by atoms with Crippen LogP contribution in [0.2, 0.25) is 0 Å². The zero-order valence-corrected chi connectivity index (χ0v) is 14.9. The molecule has 1 fully saturated rings. The van der Waals surface area contributed by atoms with E-state index in [4.69, 9.17) is 5.10 Å². The predicted octanol–water partition coefficient (Wildman–Crippen LogP) is 2.51. The average Bonchev–Trinajstić information content (AvgIpc) is 3.48. The fraction of sp³-hybridized carbons (Fsp3) is 0.429. The van der Waals surface area contributed by atoms with E-state index in [0.717, 1.165) is 36.7 Å². The molecule has 1 aromatic carbocycles. The van der Waals surface area contributed by atoms with Crippen LogP contribution >= 0.6 is 0 Å². The van der Waals surface area contributed by atoms with Crippen LogP contribution in [0.1, 0.15) is 47.3 Å². The highest BCUT2D eigenvalue weighted by atomic mass is 16.2. The Bertz CT molecular complexity index is 863. The minimum absolute atomic E-state index is 0.00705. The number of carbonyl (C=O) groups excluding carboxylic acids is 1. The summed E-state index contributed by atoms with van der Waals surface area (Å²) in [6.07, 6.45) is 5.84. The number of rotatable bonds is 3. The second-order valence-electron chi connectivity index (χ2n) is 7.58. The molecule has 2 aliphatic heterocycles. The third-order valence-corrected chi connectivity index (χ3v) is 5.89. The maximum atomic E-state index is 12.1. The Kier molecular flexibility index (Phi) is 3.71. The summed E-state index contributed by atoms with van der Waals surface area (Å²) in [5.41, 5.74) is 6.34. The summed E-state index contributed by atoms with van der Waals surface area (Å²) in [5, 5.41) is 8.55. The molecule has 0 spiro atoms. The number of hydrogen-bond acceptors (Lipinski definition) is 3. The van der Waals surface area contributed by atoms with E-state index in [9.17, 15) is 4.79 Å². The first-order valence-corrected chi connectivity index (χ1v) is 9.60. The Hall–Kier alpha value is -2.40. The van der Waals surface area contributed by atoms with Gasteiger partial charge in [-0.05, 0) is 42.5 Å². The highest BCUT2D eigenvalue weighted by Crippen LogP contribution is 2.40. The zero-order valence-electron chi connectivity index (χ0n) is 14.9. The Morgan fingerprint density at radius 1 is 1.23 bits per heavy atom. The van der Waals surface area contributed by atoms with Gasteiger partial charge in [0.05, 0.1) is 23.1 Å². The lowest BCUT2D eigenvalue weighted by Gasteiger charge is -2.28. The molecule has 0 saturated heterocycles. The van der Waals surface area contributed by atoms with Crippen molar-refractivity contribution >= 4 is 5.91 Å². The zero-order chi connectivity index (χ0) is 17.7. The molecule has 0 radical (unpaired) electrons. The van der Waals surface area contributed by atoms with E-state index in [1.165, 1.54) is 35.7 Å². The molecule has 1 saturated carbocycles. The van der Waals surface area contributed by atoms with Gasteiger partial charge in [-0.15, -0.1) is 0 Å². The summed E-state index contributed by atoms with van der Waals surface area (Å²) in [6, 6.07) is 9.10. The van der Waals surface area contributed by atoms with Crippen molar-refractivity contribution in [2.75, 3.05) is 19.6 Å². The third kappa shape index (κ3) is 2.58. The average molecular weight is 348 g/mol. The van der Waals surface area contributed by atoms with Gasteiger partial charge in [-0.2, -0.15) is 5.10 Å². The summed E-state index contributed by atoms with van der Waals surface area (Å²) in [5.74, 6) is 0.784. The first-order valence-electron chi connectivity index (χ1n) is 9.60. The lowest BCUT2D eigenvalue weighted by molar-refractivity contribution is -0.126. The van der Waals surface area contributed by atoms with Crippen molar-refractivity contribution in [3.8, 4) is 5.69 Å². The van der Waals surface area contributed by atoms with E-state index in [2.05, 4.69) is 40.8 Å². The Labute approximate surface area is 153 Å². The summed E-state index contributed by atoms with van der Waals surface area (Å²) in [6.45, 7) is 5.94. The van der Waals surface area contributed by atoms with Crippen molar-refractivity contribution in [2.24, 2.45) is 0 Å². The molecule has 1 amide bonds. The normalized spacial score (nSPS) is 21.8. The van der Waals surface area contributed by atoms with Crippen LogP contribution < -0.4 is 5.32 Å². The summed E-state index contributed by atoms with van der Waals surface area (Å²) in [7, 11) is 0. The number of nitrogens with one attached hydrogen (secondary N) is 1. The first-order chi connectivity index (χ1) is 12.7. The highest BCUT2D eigenvalue weighted by Gasteiger charge is 2.33. The largest absolute Gasteiger partial charge is 0.337 e. The van der Waals surface area contributed by atoms with Crippen LogP contribution in [0.5, 0.6) is 0 Å². The van der Waals surface area contributed by atoms with Crippen LogP contribution in [-0.4, -0.2) is 40.2 Å². The number of hydrogen-bond donors (Lipinski definition) is 1. The lowest BCUT2D eigenvalue weighted by Crippen LogP contribution is -2.40. The van der Waals surface area contributed by atoms with Gasteiger partial charge in [-0.3, -0.25) is 4.79 Å². The van der Waals surface area contributed by atoms with Crippen molar-refractivity contribution in [3.63, 3.8) is 0 Å². The van der Waals surface area contributed by atoms with Crippen LogP contribution in [0.4, 0.5) is 0 Å². The number of benzene rings is 1. The molecule has 0 unspecified atom stereocenters. The van der Waals surface area contributed by atoms with E-state index in [1.54, 1.807) is 0 Å². The number of nitrogens with zero attached hydrogens (tertiary/aromatic N) is 3. The molecule has 5 rings (SSSR count). The van der Waals surface area contributed by atoms with Gasteiger partial charge < -0.3 is 10.2 Å². The number of carbonyl (C=O) groups is 1. The molecule has 26 heavy (non-hydrogen) atoms. The molecule has 5 heteroatoms. The van der Waals surface area contributed by atoms with Crippen LogP contribution in [0, 0.1) is 0 Å². The minimum atomic E-state index is 0.00705. The smallest absolute Gasteiger partial charge is 0.246 e. The number of aromatic nitrogens is 2. The standard InChI is InChI=1S/C21H24N4O/c1-2-20(26)24-12-10-17-21-18(13-24)22-11-9-19(21)25(23-17)16-7-5-15(6-8-16)14-3-4-14/h2,5-8,14,18,22H,1,3-4,9-13H2/t18-/m0/s1. The fourth-order valence-electron chi connectivity index (χ4n) is 4.37. The van der Waals surface area contributed by atoms with Crippen LogP contribution in [-0.2, 0) is 17.6 Å². The van der Waals surface area contributed by atoms with Crippen molar-refractivity contribution in [1.82, 2.24) is 20.0 Å². The fourth-order valence-corrected chi connectivity index (χ4v) is 4.37.